The molecule has 1 fully saturated rings. The molecule has 2 N–H and O–H groups in total. The van der Waals surface area contributed by atoms with E-state index < -0.39 is 17.3 Å². The molecule has 1 saturated heterocycles. The molecular weight excluding hydrogens is 563 g/mol. The van der Waals surface area contributed by atoms with Crippen LogP contribution in [0.25, 0.3) is 0 Å². The number of piperidine rings is 1. The zero-order chi connectivity index (χ0) is 31.7. The van der Waals surface area contributed by atoms with Crippen molar-refractivity contribution in [2.45, 2.75) is 44.4 Å². The van der Waals surface area contributed by atoms with Gasteiger partial charge >= 0.3 is 5.97 Å². The summed E-state index contributed by atoms with van der Waals surface area (Å²) in [6, 6.07) is 15.8. The highest BCUT2D eigenvalue weighted by Gasteiger charge is 2.44. The second-order valence-electron chi connectivity index (χ2n) is 11.5. The molecule has 2 heterocycles. The number of likely N-dealkylation sites (tertiary alicyclic amines) is 1. The van der Waals surface area contributed by atoms with Crippen molar-refractivity contribution in [2.75, 3.05) is 53.0 Å². The van der Waals surface area contributed by atoms with E-state index in [0.717, 1.165) is 17.5 Å². The van der Waals surface area contributed by atoms with Gasteiger partial charge in [-0.25, -0.2) is 4.39 Å². The van der Waals surface area contributed by atoms with Gasteiger partial charge in [0, 0.05) is 24.7 Å². The van der Waals surface area contributed by atoms with Gasteiger partial charge < -0.3 is 25.0 Å². The minimum absolute atomic E-state index is 0.0910. The molecule has 0 saturated carbocycles. The van der Waals surface area contributed by atoms with Crippen molar-refractivity contribution < 1.29 is 28.2 Å². The van der Waals surface area contributed by atoms with Crippen LogP contribution < -0.4 is 5.73 Å². The third-order valence-corrected chi connectivity index (χ3v) is 8.78. The summed E-state index contributed by atoms with van der Waals surface area (Å²) >= 11 is 0. The van der Waals surface area contributed by atoms with Crippen LogP contribution in [0.1, 0.15) is 50.2 Å². The molecule has 0 spiro atoms. The van der Waals surface area contributed by atoms with Crippen molar-refractivity contribution in [3.8, 4) is 0 Å². The first-order chi connectivity index (χ1) is 21.2. The highest BCUT2D eigenvalue weighted by atomic mass is 19.1. The molecule has 9 nitrogen and oxygen atoms in total. The Bertz CT molecular complexity index is 1350. The molecular formula is C34H43FN4O5. The number of nitrogens with two attached hydrogens (primary N) is 1. The maximum atomic E-state index is 13.9. The maximum absolute atomic E-state index is 13.9. The van der Waals surface area contributed by atoms with E-state index >= 15 is 0 Å². The number of ketones is 1. The molecule has 2 aliphatic heterocycles. The van der Waals surface area contributed by atoms with E-state index in [4.69, 9.17) is 20.2 Å². The molecule has 2 atom stereocenters. The van der Waals surface area contributed by atoms with Crippen LogP contribution in [0.3, 0.4) is 0 Å². The number of allylic oxidation sites excluding steroid dienone is 1. The van der Waals surface area contributed by atoms with E-state index in [1.54, 1.807) is 24.0 Å². The summed E-state index contributed by atoms with van der Waals surface area (Å²) in [4.78, 5) is 47.2. The third kappa shape index (κ3) is 7.31. The van der Waals surface area contributed by atoms with Crippen LogP contribution in [0.15, 0.2) is 71.0 Å². The lowest BCUT2D eigenvalue weighted by atomic mass is 9.72. The first kappa shape index (κ1) is 33.2. The number of carbonyl (C=O) groups excluding carboxylic acids is 3. The van der Waals surface area contributed by atoms with E-state index in [1.165, 1.54) is 26.2 Å². The number of nitrogens with zero attached hydrogens (tertiary/aromatic N) is 3. The molecule has 0 aromatic heterocycles. The lowest BCUT2D eigenvalue weighted by Gasteiger charge is -2.40. The van der Waals surface area contributed by atoms with Crippen LogP contribution >= 0.6 is 0 Å². The van der Waals surface area contributed by atoms with Crippen molar-refractivity contribution in [3.63, 3.8) is 0 Å². The predicted molar refractivity (Wildman–Crippen MR) is 167 cm³/mol. The Morgan fingerprint density at radius 2 is 1.82 bits per heavy atom. The summed E-state index contributed by atoms with van der Waals surface area (Å²) in [7, 11) is 1.43. The molecule has 0 bridgehead atoms. The number of esters is 1. The molecule has 10 heteroatoms. The molecule has 2 aromatic rings. The Balaban J connectivity index is 1.54. The average Bonchev–Trinajstić information content (AvgIpc) is 3.04. The van der Waals surface area contributed by atoms with Crippen molar-refractivity contribution in [2.24, 2.45) is 16.6 Å². The topological polar surface area (TPSA) is 115 Å². The Kier molecular flexibility index (Phi) is 11.5. The summed E-state index contributed by atoms with van der Waals surface area (Å²) < 4.78 is 24.9. The van der Waals surface area contributed by atoms with Crippen LogP contribution in [0.5, 0.6) is 0 Å². The Labute approximate surface area is 258 Å². The molecule has 44 heavy (non-hydrogen) atoms. The average molecular weight is 607 g/mol. The first-order valence-electron chi connectivity index (χ1n) is 15.2. The third-order valence-electron chi connectivity index (χ3n) is 8.78. The largest absolute Gasteiger partial charge is 0.468 e. The summed E-state index contributed by atoms with van der Waals surface area (Å²) in [5.41, 5.74) is 8.41. The van der Waals surface area contributed by atoms with Gasteiger partial charge in [-0.05, 0) is 76.0 Å². The van der Waals surface area contributed by atoms with Crippen molar-refractivity contribution in [3.05, 3.63) is 82.9 Å². The summed E-state index contributed by atoms with van der Waals surface area (Å²) in [6.45, 7) is 6.59. The van der Waals surface area contributed by atoms with Gasteiger partial charge in [0.15, 0.2) is 0 Å². The van der Waals surface area contributed by atoms with Gasteiger partial charge in [-0.2, -0.15) is 0 Å². The molecule has 2 aromatic carbocycles. The number of aliphatic imine (C=N–C) groups is 1. The Morgan fingerprint density at radius 1 is 1.14 bits per heavy atom. The van der Waals surface area contributed by atoms with E-state index in [1.807, 2.05) is 30.3 Å². The lowest BCUT2D eigenvalue weighted by Crippen LogP contribution is -2.48. The fraction of sp³-hybridized carbons (Fsp3) is 0.471. The molecule has 4 rings (SSSR count). The van der Waals surface area contributed by atoms with Crippen LogP contribution in [-0.2, 0) is 29.3 Å². The quantitative estimate of drug-likeness (QED) is 0.198. The summed E-state index contributed by atoms with van der Waals surface area (Å²) in [5.74, 6) is -1.83. The highest BCUT2D eigenvalue weighted by Crippen LogP contribution is 2.41. The number of hydrogen-bond acceptors (Lipinski definition) is 8. The van der Waals surface area contributed by atoms with Gasteiger partial charge in [0.25, 0.3) is 0 Å². The van der Waals surface area contributed by atoms with Gasteiger partial charge in [0.2, 0.25) is 6.41 Å². The van der Waals surface area contributed by atoms with Gasteiger partial charge in [-0.1, -0.05) is 42.5 Å². The number of methoxy groups -OCH3 is 1. The molecule has 236 valence electrons. The number of benzene rings is 2. The van der Waals surface area contributed by atoms with Gasteiger partial charge in [-0.3, -0.25) is 19.4 Å². The monoisotopic (exact) mass is 606 g/mol. The van der Waals surface area contributed by atoms with Gasteiger partial charge in [0.1, 0.15) is 11.6 Å². The Morgan fingerprint density at radius 3 is 2.41 bits per heavy atom. The summed E-state index contributed by atoms with van der Waals surface area (Å²) in [6.07, 6.45) is 2.70. The fourth-order valence-electron chi connectivity index (χ4n) is 6.59. The maximum Gasteiger partial charge on any atom is 0.316 e. The van der Waals surface area contributed by atoms with Crippen LogP contribution in [0, 0.1) is 11.7 Å². The van der Waals surface area contributed by atoms with E-state index in [9.17, 15) is 18.8 Å². The smallest absolute Gasteiger partial charge is 0.316 e. The highest BCUT2D eigenvalue weighted by molar-refractivity contribution is 6.05. The number of amides is 1. The predicted octanol–water partition coefficient (Wildman–Crippen LogP) is 3.83. The number of ether oxygens (including phenoxy) is 2. The van der Waals surface area contributed by atoms with Gasteiger partial charge in [0.05, 0.1) is 43.1 Å². The lowest BCUT2D eigenvalue weighted by molar-refractivity contribution is -0.149. The van der Waals surface area contributed by atoms with E-state index in [2.05, 4.69) is 4.90 Å². The minimum Gasteiger partial charge on any atom is -0.468 e. The number of halogens is 1. The molecule has 0 radical (unpaired) electrons. The molecule has 2 aliphatic rings. The van der Waals surface area contributed by atoms with Crippen molar-refractivity contribution in [1.82, 2.24) is 9.80 Å². The normalized spacial score (nSPS) is 20.2. The minimum atomic E-state index is -0.674. The number of Topliss-reactive ketones (excluding diaryl/α,β-unsaturated/α-hetero) is 1. The van der Waals surface area contributed by atoms with Crippen molar-refractivity contribution in [1.29, 1.82) is 0 Å². The number of hydrogen-bond donors (Lipinski definition) is 1. The van der Waals surface area contributed by atoms with Crippen LogP contribution in [-0.4, -0.2) is 86.7 Å². The summed E-state index contributed by atoms with van der Waals surface area (Å²) in [5, 5.41) is 0. The number of rotatable bonds is 14. The Hall–Kier alpha value is -3.73. The second-order valence-corrected chi connectivity index (χ2v) is 11.5. The van der Waals surface area contributed by atoms with E-state index in [0.29, 0.717) is 75.7 Å². The number of carbonyl (C=O) groups is 3. The van der Waals surface area contributed by atoms with Crippen LogP contribution in [0.4, 0.5) is 4.39 Å². The zero-order valence-electron chi connectivity index (χ0n) is 25.8. The standard InChI is InChI=1S/C34H43FN4O5/c1-24-30(25(2)41)31(26-10-12-28(35)13-11-26)32(29(37-24)22-44-21-16-36)39(23-40)18-7-17-38-19-14-34(15-20-38,33(42)43-3)27-8-5-4-6-9-27/h4-6,8-13,23,30-31H,7,14-22,36H2,1-3H3. The molecule has 0 aliphatic carbocycles. The molecule has 2 unspecified atom stereocenters. The fourth-order valence-corrected chi connectivity index (χ4v) is 6.59. The first-order valence-corrected chi connectivity index (χ1v) is 15.2. The van der Waals surface area contributed by atoms with E-state index in [-0.39, 0.29) is 24.2 Å². The SMILES string of the molecule is COC(=O)C1(c2ccccc2)CCN(CCCN(C=O)C2=C(COCCN)N=C(C)C(C(C)=O)C2c2ccc(F)cc2)CC1. The zero-order valence-corrected chi connectivity index (χ0v) is 25.8. The molecule has 1 amide bonds. The van der Waals surface area contributed by atoms with Crippen molar-refractivity contribution >= 4 is 23.9 Å². The van der Waals surface area contributed by atoms with Crippen LogP contribution in [0.2, 0.25) is 0 Å². The van der Waals surface area contributed by atoms with Gasteiger partial charge in [-0.15, -0.1) is 0 Å². The second kappa shape index (κ2) is 15.3.